The Balaban J connectivity index is 1.83. The SMILES string of the molecule is CCN(CC)S(=O)(=O)N1CCC[C@H](c2cc(Cc3ccccc3F)cc(C)n2)C1. The highest BCUT2D eigenvalue weighted by Crippen LogP contribution is 2.29. The van der Waals surface area contributed by atoms with E-state index in [0.29, 0.717) is 38.2 Å². The van der Waals surface area contributed by atoms with Crippen LogP contribution in [0.2, 0.25) is 0 Å². The van der Waals surface area contributed by atoms with Crippen LogP contribution in [-0.2, 0) is 16.6 Å². The average molecular weight is 420 g/mol. The smallest absolute Gasteiger partial charge is 0.258 e. The van der Waals surface area contributed by atoms with E-state index >= 15 is 0 Å². The van der Waals surface area contributed by atoms with Crippen molar-refractivity contribution in [2.24, 2.45) is 0 Å². The van der Waals surface area contributed by atoms with Crippen molar-refractivity contribution >= 4 is 10.2 Å². The molecule has 7 heteroatoms. The molecule has 158 valence electrons. The molecule has 2 aromatic rings. The van der Waals surface area contributed by atoms with Gasteiger partial charge in [0, 0.05) is 49.9 Å². The second-order valence-electron chi connectivity index (χ2n) is 7.60. The molecular weight excluding hydrogens is 389 g/mol. The molecule has 0 aliphatic carbocycles. The quantitative estimate of drug-likeness (QED) is 0.684. The zero-order valence-electron chi connectivity index (χ0n) is 17.4. The van der Waals surface area contributed by atoms with Gasteiger partial charge in [0.2, 0.25) is 0 Å². The number of halogens is 1. The molecule has 1 atom stereocenters. The highest BCUT2D eigenvalue weighted by molar-refractivity contribution is 7.86. The highest BCUT2D eigenvalue weighted by atomic mass is 32.2. The first kappa shape index (κ1) is 21.9. The van der Waals surface area contributed by atoms with Gasteiger partial charge in [-0.05, 0) is 49.1 Å². The molecule has 0 radical (unpaired) electrons. The van der Waals surface area contributed by atoms with Gasteiger partial charge in [-0.2, -0.15) is 17.0 Å². The van der Waals surface area contributed by atoms with E-state index in [1.807, 2.05) is 39.0 Å². The molecule has 0 bridgehead atoms. The van der Waals surface area contributed by atoms with Crippen LogP contribution in [-0.4, -0.2) is 48.2 Å². The van der Waals surface area contributed by atoms with Crippen LogP contribution in [0, 0.1) is 12.7 Å². The van der Waals surface area contributed by atoms with Crippen LogP contribution in [0.25, 0.3) is 0 Å². The largest absolute Gasteiger partial charge is 0.281 e. The summed E-state index contributed by atoms with van der Waals surface area (Å²) in [5.74, 6) is -0.161. The summed E-state index contributed by atoms with van der Waals surface area (Å²) in [6.07, 6.45) is 2.21. The minimum atomic E-state index is -3.45. The normalized spacial score (nSPS) is 18.3. The molecule has 1 aromatic carbocycles. The van der Waals surface area contributed by atoms with Crippen molar-refractivity contribution in [3.8, 4) is 0 Å². The van der Waals surface area contributed by atoms with E-state index in [-0.39, 0.29) is 11.7 Å². The summed E-state index contributed by atoms with van der Waals surface area (Å²) in [6, 6.07) is 10.8. The molecule has 29 heavy (non-hydrogen) atoms. The number of rotatable bonds is 7. The van der Waals surface area contributed by atoms with Crippen LogP contribution in [0.5, 0.6) is 0 Å². The van der Waals surface area contributed by atoms with Crippen molar-refractivity contribution in [2.45, 2.75) is 46.0 Å². The first-order valence-corrected chi connectivity index (χ1v) is 11.7. The number of nitrogens with zero attached hydrogens (tertiary/aromatic N) is 3. The van der Waals surface area contributed by atoms with Crippen molar-refractivity contribution in [2.75, 3.05) is 26.2 Å². The van der Waals surface area contributed by atoms with Crippen LogP contribution < -0.4 is 0 Å². The number of aromatic nitrogens is 1. The lowest BCUT2D eigenvalue weighted by molar-refractivity contribution is 0.285. The molecule has 0 amide bonds. The Morgan fingerprint density at radius 1 is 1.21 bits per heavy atom. The zero-order chi connectivity index (χ0) is 21.0. The van der Waals surface area contributed by atoms with Crippen LogP contribution in [0.1, 0.15) is 55.1 Å². The fourth-order valence-corrected chi connectivity index (χ4v) is 5.75. The molecule has 0 N–H and O–H groups in total. The van der Waals surface area contributed by atoms with E-state index in [1.54, 1.807) is 16.4 Å². The Labute approximate surface area is 173 Å². The first-order chi connectivity index (χ1) is 13.8. The number of benzene rings is 1. The molecule has 1 fully saturated rings. The summed E-state index contributed by atoms with van der Waals surface area (Å²) in [5.41, 5.74) is 3.42. The van der Waals surface area contributed by atoms with Gasteiger partial charge in [-0.1, -0.05) is 32.0 Å². The summed E-state index contributed by atoms with van der Waals surface area (Å²) in [7, 11) is -3.45. The second kappa shape index (κ2) is 9.32. The molecular formula is C22H30FN3O2S. The minimum Gasteiger partial charge on any atom is -0.258 e. The molecule has 2 heterocycles. The van der Waals surface area contributed by atoms with E-state index < -0.39 is 10.2 Å². The zero-order valence-corrected chi connectivity index (χ0v) is 18.3. The number of pyridine rings is 1. The first-order valence-electron chi connectivity index (χ1n) is 10.3. The van der Waals surface area contributed by atoms with E-state index in [2.05, 4.69) is 0 Å². The molecule has 1 aliphatic heterocycles. The fraction of sp³-hybridized carbons (Fsp3) is 0.500. The monoisotopic (exact) mass is 419 g/mol. The van der Waals surface area contributed by atoms with Gasteiger partial charge >= 0.3 is 0 Å². The maximum Gasteiger partial charge on any atom is 0.281 e. The third-order valence-electron chi connectivity index (χ3n) is 5.55. The summed E-state index contributed by atoms with van der Waals surface area (Å²) >= 11 is 0. The maximum absolute atomic E-state index is 14.1. The van der Waals surface area contributed by atoms with Gasteiger partial charge < -0.3 is 0 Å². The molecule has 5 nitrogen and oxygen atoms in total. The lowest BCUT2D eigenvalue weighted by Crippen LogP contribution is -2.47. The van der Waals surface area contributed by atoms with E-state index in [0.717, 1.165) is 29.8 Å². The standard InChI is InChI=1S/C22H30FN3O2S/c1-4-25(5-2)29(27,28)26-12-8-10-20(16-26)22-15-18(13-17(3)24-22)14-19-9-6-7-11-21(19)23/h6-7,9,11,13,15,20H,4-5,8,10,12,14,16H2,1-3H3/t20-/m0/s1. The van der Waals surface area contributed by atoms with Crippen LogP contribution >= 0.6 is 0 Å². The average Bonchev–Trinajstić information content (AvgIpc) is 2.70. The van der Waals surface area contributed by atoms with E-state index in [9.17, 15) is 12.8 Å². The van der Waals surface area contributed by atoms with Gasteiger partial charge in [0.05, 0.1) is 0 Å². The summed E-state index contributed by atoms with van der Waals surface area (Å²) in [4.78, 5) is 4.69. The molecule has 0 unspecified atom stereocenters. The van der Waals surface area contributed by atoms with Crippen molar-refractivity contribution in [3.05, 3.63) is 64.7 Å². The predicted octanol–water partition coefficient (Wildman–Crippen LogP) is 3.89. The third-order valence-corrected chi connectivity index (χ3v) is 7.70. The number of aryl methyl sites for hydroxylation is 1. The summed E-state index contributed by atoms with van der Waals surface area (Å²) in [5, 5.41) is 0. The van der Waals surface area contributed by atoms with E-state index in [1.165, 1.54) is 10.4 Å². The Morgan fingerprint density at radius 2 is 1.93 bits per heavy atom. The van der Waals surface area contributed by atoms with Gasteiger partial charge in [0.1, 0.15) is 5.82 Å². The van der Waals surface area contributed by atoms with Gasteiger partial charge in [-0.25, -0.2) is 4.39 Å². The number of hydrogen-bond acceptors (Lipinski definition) is 3. The Bertz CT molecular complexity index is 945. The summed E-state index contributed by atoms with van der Waals surface area (Å²) < 4.78 is 43.0. The van der Waals surface area contributed by atoms with Gasteiger partial charge in [-0.15, -0.1) is 0 Å². The molecule has 1 aromatic heterocycles. The maximum atomic E-state index is 14.1. The Morgan fingerprint density at radius 3 is 2.62 bits per heavy atom. The van der Waals surface area contributed by atoms with Gasteiger partial charge in [-0.3, -0.25) is 4.98 Å². The van der Waals surface area contributed by atoms with Crippen molar-refractivity contribution in [1.29, 1.82) is 0 Å². The van der Waals surface area contributed by atoms with Crippen molar-refractivity contribution < 1.29 is 12.8 Å². The third kappa shape index (κ3) is 5.02. The number of piperidine rings is 1. The van der Waals surface area contributed by atoms with Crippen LogP contribution in [0.15, 0.2) is 36.4 Å². The van der Waals surface area contributed by atoms with Gasteiger partial charge in [0.15, 0.2) is 0 Å². The summed E-state index contributed by atoms with van der Waals surface area (Å²) in [6.45, 7) is 7.57. The van der Waals surface area contributed by atoms with Crippen molar-refractivity contribution in [3.63, 3.8) is 0 Å². The molecule has 1 aliphatic rings. The Kier molecular flexibility index (Phi) is 7.03. The minimum absolute atomic E-state index is 0.0494. The molecule has 3 rings (SSSR count). The fourth-order valence-electron chi connectivity index (χ4n) is 4.05. The topological polar surface area (TPSA) is 53.5 Å². The second-order valence-corrected chi connectivity index (χ2v) is 9.53. The van der Waals surface area contributed by atoms with Gasteiger partial charge in [0.25, 0.3) is 10.2 Å². The lowest BCUT2D eigenvalue weighted by Gasteiger charge is -2.35. The predicted molar refractivity (Wildman–Crippen MR) is 114 cm³/mol. The number of hydrogen-bond donors (Lipinski definition) is 0. The van der Waals surface area contributed by atoms with Crippen molar-refractivity contribution in [1.82, 2.24) is 13.6 Å². The van der Waals surface area contributed by atoms with Crippen LogP contribution in [0.3, 0.4) is 0 Å². The molecule has 0 saturated carbocycles. The molecule has 0 spiro atoms. The lowest BCUT2D eigenvalue weighted by atomic mass is 9.93. The molecule has 1 saturated heterocycles. The Hall–Kier alpha value is -1.83. The van der Waals surface area contributed by atoms with E-state index in [4.69, 9.17) is 4.98 Å². The highest BCUT2D eigenvalue weighted by Gasteiger charge is 2.33. The van der Waals surface area contributed by atoms with Crippen LogP contribution in [0.4, 0.5) is 4.39 Å².